The topological polar surface area (TPSA) is 54.4 Å². The number of aliphatic carboxylic acids is 1. The molecule has 1 N–H and O–H groups in total. The summed E-state index contributed by atoms with van der Waals surface area (Å²) >= 11 is 5.40. The minimum atomic E-state index is -0.883. The second-order valence-electron chi connectivity index (χ2n) is 3.24. The van der Waals surface area contributed by atoms with Crippen LogP contribution < -0.4 is 0 Å². The van der Waals surface area contributed by atoms with Crippen LogP contribution in [0.5, 0.6) is 0 Å². The van der Waals surface area contributed by atoms with Gasteiger partial charge in [-0.25, -0.2) is 0 Å². The fourth-order valence-corrected chi connectivity index (χ4v) is 1.33. The van der Waals surface area contributed by atoms with Gasteiger partial charge in [-0.15, -0.1) is 11.6 Å². The van der Waals surface area contributed by atoms with Crippen molar-refractivity contribution in [1.82, 2.24) is 0 Å². The number of carboxylic acid groups (broad SMARTS) is 1. The van der Waals surface area contributed by atoms with Crippen molar-refractivity contribution in [2.24, 2.45) is 0 Å². The molecule has 0 fully saturated rings. The lowest BCUT2D eigenvalue weighted by Crippen LogP contribution is -2.08. The van der Waals surface area contributed by atoms with Gasteiger partial charge in [-0.05, 0) is 12.5 Å². The van der Waals surface area contributed by atoms with Gasteiger partial charge in [0.2, 0.25) is 0 Å². The second kappa shape index (κ2) is 4.94. The van der Waals surface area contributed by atoms with E-state index in [1.165, 1.54) is 0 Å². The third-order valence-corrected chi connectivity index (χ3v) is 2.47. The lowest BCUT2D eigenvalue weighted by Gasteiger charge is -2.06. The van der Waals surface area contributed by atoms with E-state index in [0.717, 1.165) is 0 Å². The zero-order chi connectivity index (χ0) is 11.4. The molecule has 3 nitrogen and oxygen atoms in total. The van der Waals surface area contributed by atoms with Crippen LogP contribution in [0.2, 0.25) is 0 Å². The number of carboxylic acids is 1. The Morgan fingerprint density at radius 1 is 1.33 bits per heavy atom. The van der Waals surface area contributed by atoms with Crippen molar-refractivity contribution < 1.29 is 14.7 Å². The molecule has 1 unspecified atom stereocenters. The van der Waals surface area contributed by atoms with Gasteiger partial charge in [-0.1, -0.05) is 24.3 Å². The van der Waals surface area contributed by atoms with Crippen LogP contribution in [0.4, 0.5) is 0 Å². The summed E-state index contributed by atoms with van der Waals surface area (Å²) in [6.45, 7) is 1.60. The minimum Gasteiger partial charge on any atom is -0.481 e. The number of benzene rings is 1. The summed E-state index contributed by atoms with van der Waals surface area (Å²) in [6.07, 6.45) is 0. The van der Waals surface area contributed by atoms with Crippen LogP contribution in [0, 0.1) is 0 Å². The maximum Gasteiger partial charge on any atom is 0.310 e. The Bertz CT molecular complexity index is 370. The smallest absolute Gasteiger partial charge is 0.310 e. The van der Waals surface area contributed by atoms with Crippen molar-refractivity contribution in [2.45, 2.75) is 12.8 Å². The summed E-state index contributed by atoms with van der Waals surface area (Å²) < 4.78 is 0. The van der Waals surface area contributed by atoms with Gasteiger partial charge >= 0.3 is 5.97 Å². The number of carbonyl (C=O) groups is 2. The molecular formula is C11H11ClO3. The predicted octanol–water partition coefficient (Wildman–Crippen LogP) is 2.30. The van der Waals surface area contributed by atoms with E-state index in [4.69, 9.17) is 16.7 Å². The molecule has 0 bridgehead atoms. The highest BCUT2D eigenvalue weighted by molar-refractivity contribution is 6.30. The van der Waals surface area contributed by atoms with Crippen molar-refractivity contribution in [2.75, 3.05) is 5.88 Å². The Morgan fingerprint density at radius 3 is 2.27 bits per heavy atom. The number of rotatable bonds is 4. The summed E-state index contributed by atoms with van der Waals surface area (Å²) in [5.41, 5.74) is 1.18. The van der Waals surface area contributed by atoms with Crippen LogP contribution in [-0.4, -0.2) is 22.7 Å². The van der Waals surface area contributed by atoms with E-state index in [-0.39, 0.29) is 11.7 Å². The van der Waals surface area contributed by atoms with E-state index in [0.29, 0.717) is 11.1 Å². The van der Waals surface area contributed by atoms with Gasteiger partial charge < -0.3 is 5.11 Å². The largest absolute Gasteiger partial charge is 0.481 e. The van der Waals surface area contributed by atoms with Crippen LogP contribution in [-0.2, 0) is 4.79 Å². The van der Waals surface area contributed by atoms with Crippen LogP contribution >= 0.6 is 11.6 Å². The molecule has 0 aliphatic heterocycles. The lowest BCUT2D eigenvalue weighted by atomic mass is 9.99. The van der Waals surface area contributed by atoms with E-state index in [1.807, 2.05) is 0 Å². The molecule has 0 spiro atoms. The van der Waals surface area contributed by atoms with Gasteiger partial charge in [0.25, 0.3) is 0 Å². The van der Waals surface area contributed by atoms with Crippen molar-refractivity contribution in [3.63, 3.8) is 0 Å². The second-order valence-corrected chi connectivity index (χ2v) is 3.51. The zero-order valence-electron chi connectivity index (χ0n) is 8.24. The number of alkyl halides is 1. The first-order valence-electron chi connectivity index (χ1n) is 4.48. The van der Waals surface area contributed by atoms with Crippen LogP contribution in [0.3, 0.4) is 0 Å². The molecule has 0 aliphatic carbocycles. The maximum absolute atomic E-state index is 11.2. The molecule has 0 aromatic heterocycles. The normalized spacial score (nSPS) is 12.1. The number of hydrogen-bond donors (Lipinski definition) is 1. The average molecular weight is 227 g/mol. The Morgan fingerprint density at radius 2 is 1.87 bits per heavy atom. The number of halogens is 1. The van der Waals surface area contributed by atoms with Gasteiger partial charge in [-0.2, -0.15) is 0 Å². The fourth-order valence-electron chi connectivity index (χ4n) is 1.18. The Kier molecular flexibility index (Phi) is 3.86. The van der Waals surface area contributed by atoms with Gasteiger partial charge in [-0.3, -0.25) is 9.59 Å². The lowest BCUT2D eigenvalue weighted by molar-refractivity contribution is -0.138. The molecule has 80 valence electrons. The summed E-state index contributed by atoms with van der Waals surface area (Å²) in [5, 5.41) is 8.77. The van der Waals surface area contributed by atoms with Crippen molar-refractivity contribution in [3.05, 3.63) is 35.4 Å². The first kappa shape index (κ1) is 11.7. The van der Waals surface area contributed by atoms with Crippen LogP contribution in [0.1, 0.15) is 28.8 Å². The summed E-state index contributed by atoms with van der Waals surface area (Å²) in [7, 11) is 0. The fraction of sp³-hybridized carbons (Fsp3) is 0.273. The van der Waals surface area contributed by atoms with Crippen LogP contribution in [0.25, 0.3) is 0 Å². The van der Waals surface area contributed by atoms with Crippen LogP contribution in [0.15, 0.2) is 24.3 Å². The molecule has 0 heterocycles. The molecule has 1 rings (SSSR count). The molecule has 0 saturated heterocycles. The average Bonchev–Trinajstić information content (AvgIpc) is 2.27. The van der Waals surface area contributed by atoms with Crippen molar-refractivity contribution in [1.29, 1.82) is 0 Å². The molecule has 0 saturated carbocycles. The van der Waals surface area contributed by atoms with E-state index < -0.39 is 11.9 Å². The third-order valence-electron chi connectivity index (χ3n) is 2.22. The van der Waals surface area contributed by atoms with Crippen molar-refractivity contribution >= 4 is 23.4 Å². The molecular weight excluding hydrogens is 216 g/mol. The number of hydrogen-bond acceptors (Lipinski definition) is 2. The van der Waals surface area contributed by atoms with Gasteiger partial charge in [0.1, 0.15) is 0 Å². The third kappa shape index (κ3) is 2.80. The molecule has 15 heavy (non-hydrogen) atoms. The molecule has 0 radical (unpaired) electrons. The summed E-state index contributed by atoms with van der Waals surface area (Å²) in [4.78, 5) is 21.9. The molecule has 0 amide bonds. The van der Waals surface area contributed by atoms with E-state index in [2.05, 4.69) is 0 Å². The first-order valence-corrected chi connectivity index (χ1v) is 5.01. The number of ketones is 1. The predicted molar refractivity (Wildman–Crippen MR) is 57.5 cm³/mol. The van der Waals surface area contributed by atoms with E-state index in [9.17, 15) is 9.59 Å². The standard InChI is InChI=1S/C11H11ClO3/c1-7(11(14)15)8-2-4-9(5-3-8)10(13)6-12/h2-5,7H,6H2,1H3,(H,14,15). The SMILES string of the molecule is CC(C(=O)O)c1ccc(C(=O)CCl)cc1. The molecule has 4 heteroatoms. The van der Waals surface area contributed by atoms with E-state index >= 15 is 0 Å². The minimum absolute atomic E-state index is 0.0617. The van der Waals surface area contributed by atoms with Gasteiger partial charge in [0, 0.05) is 5.56 Å². The summed E-state index contributed by atoms with van der Waals surface area (Å²) in [5.74, 6) is -1.67. The maximum atomic E-state index is 11.2. The monoisotopic (exact) mass is 226 g/mol. The number of carbonyl (C=O) groups excluding carboxylic acids is 1. The Hall–Kier alpha value is -1.35. The Labute approximate surface area is 92.7 Å². The highest BCUT2D eigenvalue weighted by atomic mass is 35.5. The quantitative estimate of drug-likeness (QED) is 0.633. The highest BCUT2D eigenvalue weighted by Gasteiger charge is 2.13. The zero-order valence-corrected chi connectivity index (χ0v) is 8.99. The molecule has 0 aliphatic rings. The molecule has 1 aromatic rings. The van der Waals surface area contributed by atoms with Gasteiger partial charge in [0.15, 0.2) is 5.78 Å². The molecule has 1 atom stereocenters. The van der Waals surface area contributed by atoms with Gasteiger partial charge in [0.05, 0.1) is 11.8 Å². The van der Waals surface area contributed by atoms with Crippen molar-refractivity contribution in [3.8, 4) is 0 Å². The highest BCUT2D eigenvalue weighted by Crippen LogP contribution is 2.16. The summed E-state index contributed by atoms with van der Waals surface area (Å²) in [6, 6.07) is 6.47. The van der Waals surface area contributed by atoms with E-state index in [1.54, 1.807) is 31.2 Å². The number of Topliss-reactive ketones (excluding diaryl/α,β-unsaturated/α-hetero) is 1. The first-order chi connectivity index (χ1) is 7.06. The molecule has 1 aromatic carbocycles. The Balaban J connectivity index is 2.90.